The normalized spacial score (nSPS) is 22.1. The smallest absolute Gasteiger partial charge is 0.319 e. The van der Waals surface area contributed by atoms with Crippen LogP contribution in [0.1, 0.15) is 44.0 Å². The van der Waals surface area contributed by atoms with Crippen molar-refractivity contribution in [1.82, 2.24) is 15.1 Å². The highest BCUT2D eigenvalue weighted by molar-refractivity contribution is 5.90. The number of hydrogen-bond acceptors (Lipinski definition) is 3. The summed E-state index contributed by atoms with van der Waals surface area (Å²) in [5.74, 6) is 0.375. The Hall–Kier alpha value is -1.56. The van der Waals surface area contributed by atoms with E-state index in [0.717, 1.165) is 49.3 Å². The van der Waals surface area contributed by atoms with Crippen molar-refractivity contribution < 1.29 is 9.90 Å². The number of carbonyl (C=O) groups excluding carboxylic acids is 1. The van der Waals surface area contributed by atoms with E-state index in [2.05, 4.69) is 15.7 Å². The molecule has 3 N–H and O–H groups in total. The average Bonchev–Trinajstić information content (AvgIpc) is 2.72. The molecule has 2 atom stereocenters. The average molecular weight is 294 g/mol. The minimum absolute atomic E-state index is 0.197. The van der Waals surface area contributed by atoms with E-state index < -0.39 is 0 Å². The third-order valence-corrected chi connectivity index (χ3v) is 4.23. The fraction of sp³-hybridized carbons (Fsp3) is 0.733. The zero-order chi connectivity index (χ0) is 15.4. The maximum Gasteiger partial charge on any atom is 0.319 e. The van der Waals surface area contributed by atoms with Crippen molar-refractivity contribution >= 4 is 11.7 Å². The van der Waals surface area contributed by atoms with Crippen LogP contribution in [-0.4, -0.2) is 33.6 Å². The number of nitrogens with zero attached hydrogens (tertiary/aromatic N) is 2. The van der Waals surface area contributed by atoms with Gasteiger partial charge in [-0.05, 0) is 46.0 Å². The zero-order valence-electron chi connectivity index (χ0n) is 13.1. The lowest BCUT2D eigenvalue weighted by atomic mass is 9.87. The van der Waals surface area contributed by atoms with Crippen LogP contribution >= 0.6 is 0 Å². The summed E-state index contributed by atoms with van der Waals surface area (Å²) in [5, 5.41) is 19.8. The minimum atomic E-state index is -0.208. The molecule has 1 aliphatic carbocycles. The van der Waals surface area contributed by atoms with E-state index in [1.54, 1.807) is 0 Å². The minimum Gasteiger partial charge on any atom is -0.393 e. The molecule has 2 amide bonds. The second-order valence-corrected chi connectivity index (χ2v) is 5.88. The molecule has 118 valence electrons. The Labute approximate surface area is 125 Å². The Morgan fingerprint density at radius 2 is 2.19 bits per heavy atom. The molecule has 0 spiro atoms. The Bertz CT molecular complexity index is 498. The van der Waals surface area contributed by atoms with Crippen LogP contribution in [0.25, 0.3) is 0 Å². The molecule has 0 aliphatic heterocycles. The highest BCUT2D eigenvalue weighted by Crippen LogP contribution is 2.23. The molecule has 21 heavy (non-hydrogen) atoms. The lowest BCUT2D eigenvalue weighted by Gasteiger charge is -2.25. The van der Waals surface area contributed by atoms with Crippen molar-refractivity contribution in [2.45, 2.75) is 59.1 Å². The lowest BCUT2D eigenvalue weighted by Crippen LogP contribution is -2.35. The number of carbonyl (C=O) groups is 1. The molecular formula is C15H26N4O2. The monoisotopic (exact) mass is 294 g/mol. The number of nitrogens with one attached hydrogen (secondary N) is 2. The molecule has 0 saturated heterocycles. The quantitative estimate of drug-likeness (QED) is 0.796. The van der Waals surface area contributed by atoms with Crippen LogP contribution in [-0.2, 0) is 6.54 Å². The predicted molar refractivity (Wildman–Crippen MR) is 82.4 cm³/mol. The molecule has 2 rings (SSSR count). The first-order chi connectivity index (χ1) is 10.0. The first-order valence-corrected chi connectivity index (χ1v) is 7.78. The van der Waals surface area contributed by atoms with E-state index >= 15 is 0 Å². The summed E-state index contributed by atoms with van der Waals surface area (Å²) in [6, 6.07) is -0.197. The summed E-state index contributed by atoms with van der Waals surface area (Å²) in [5.41, 5.74) is 2.59. The number of aliphatic hydroxyl groups is 1. The van der Waals surface area contributed by atoms with E-state index in [-0.39, 0.29) is 12.1 Å². The highest BCUT2D eigenvalue weighted by atomic mass is 16.3. The maximum absolute atomic E-state index is 12.0. The van der Waals surface area contributed by atoms with Gasteiger partial charge in [0.2, 0.25) is 0 Å². The molecule has 6 heteroatoms. The van der Waals surface area contributed by atoms with Crippen molar-refractivity contribution in [3.05, 3.63) is 11.4 Å². The molecule has 1 aromatic rings. The van der Waals surface area contributed by atoms with Gasteiger partial charge in [0, 0.05) is 13.1 Å². The van der Waals surface area contributed by atoms with Gasteiger partial charge in [0.05, 0.1) is 23.2 Å². The Balaban J connectivity index is 1.86. The largest absolute Gasteiger partial charge is 0.393 e. The molecule has 1 aromatic heterocycles. The zero-order valence-corrected chi connectivity index (χ0v) is 13.1. The second-order valence-electron chi connectivity index (χ2n) is 5.88. The van der Waals surface area contributed by atoms with Crippen LogP contribution in [0, 0.1) is 19.8 Å². The van der Waals surface area contributed by atoms with Crippen molar-refractivity contribution in [2.75, 3.05) is 11.9 Å². The number of urea groups is 1. The highest BCUT2D eigenvalue weighted by Gasteiger charge is 2.21. The van der Waals surface area contributed by atoms with E-state index in [1.165, 1.54) is 0 Å². The van der Waals surface area contributed by atoms with Crippen molar-refractivity contribution in [3.63, 3.8) is 0 Å². The molecule has 1 heterocycles. The van der Waals surface area contributed by atoms with E-state index in [9.17, 15) is 9.90 Å². The maximum atomic E-state index is 12.0. The van der Waals surface area contributed by atoms with Gasteiger partial charge in [-0.3, -0.25) is 4.68 Å². The van der Waals surface area contributed by atoms with Gasteiger partial charge < -0.3 is 15.7 Å². The topological polar surface area (TPSA) is 79.2 Å². The van der Waals surface area contributed by atoms with Gasteiger partial charge in [0.25, 0.3) is 0 Å². The van der Waals surface area contributed by atoms with Crippen LogP contribution in [0.4, 0.5) is 10.5 Å². The Morgan fingerprint density at radius 1 is 1.43 bits per heavy atom. The number of rotatable bonds is 4. The molecule has 1 saturated carbocycles. The third kappa shape index (κ3) is 3.97. The molecule has 0 bridgehead atoms. The number of aromatic nitrogens is 2. The SMILES string of the molecule is CCn1nc(C)c(NC(=O)NCC2CCCC(O)C2)c1C. The predicted octanol–water partition coefficient (Wildman–Crippen LogP) is 2.19. The number of amides is 2. The van der Waals surface area contributed by atoms with Gasteiger partial charge in [-0.1, -0.05) is 6.42 Å². The van der Waals surface area contributed by atoms with Crippen molar-refractivity contribution in [3.8, 4) is 0 Å². The van der Waals surface area contributed by atoms with Crippen LogP contribution in [0.3, 0.4) is 0 Å². The summed E-state index contributed by atoms with van der Waals surface area (Å²) in [4.78, 5) is 12.0. The molecular weight excluding hydrogens is 268 g/mol. The number of aliphatic hydroxyl groups excluding tert-OH is 1. The van der Waals surface area contributed by atoms with Crippen LogP contribution in [0.15, 0.2) is 0 Å². The summed E-state index contributed by atoms with van der Waals surface area (Å²) >= 11 is 0. The van der Waals surface area contributed by atoms with Gasteiger partial charge in [-0.15, -0.1) is 0 Å². The van der Waals surface area contributed by atoms with Crippen molar-refractivity contribution in [2.24, 2.45) is 5.92 Å². The fourth-order valence-corrected chi connectivity index (χ4v) is 3.03. The number of aryl methyl sites for hydroxylation is 2. The summed E-state index contributed by atoms with van der Waals surface area (Å²) < 4.78 is 1.88. The molecule has 0 aromatic carbocycles. The fourth-order valence-electron chi connectivity index (χ4n) is 3.03. The van der Waals surface area contributed by atoms with Gasteiger partial charge >= 0.3 is 6.03 Å². The molecule has 0 radical (unpaired) electrons. The Kier molecular flexibility index (Phi) is 5.22. The summed E-state index contributed by atoms with van der Waals surface area (Å²) in [7, 11) is 0. The number of anilines is 1. The standard InChI is InChI=1S/C15H26N4O2/c1-4-19-11(3)14(10(2)18-19)17-15(21)16-9-12-6-5-7-13(20)8-12/h12-13,20H,4-9H2,1-3H3,(H2,16,17,21). The van der Waals surface area contributed by atoms with Crippen LogP contribution in [0.5, 0.6) is 0 Å². The van der Waals surface area contributed by atoms with Crippen LogP contribution < -0.4 is 10.6 Å². The van der Waals surface area contributed by atoms with Gasteiger partial charge in [-0.2, -0.15) is 5.10 Å². The Morgan fingerprint density at radius 3 is 2.81 bits per heavy atom. The molecule has 1 aliphatic rings. The molecule has 2 unspecified atom stereocenters. The van der Waals surface area contributed by atoms with Gasteiger partial charge in [-0.25, -0.2) is 4.79 Å². The van der Waals surface area contributed by atoms with E-state index in [4.69, 9.17) is 0 Å². The van der Waals surface area contributed by atoms with Crippen LogP contribution in [0.2, 0.25) is 0 Å². The molecule has 6 nitrogen and oxygen atoms in total. The molecule has 1 fully saturated rings. The third-order valence-electron chi connectivity index (χ3n) is 4.23. The van der Waals surface area contributed by atoms with Gasteiger partial charge in [0.1, 0.15) is 0 Å². The second kappa shape index (κ2) is 6.93. The number of hydrogen-bond donors (Lipinski definition) is 3. The summed E-state index contributed by atoms with van der Waals surface area (Å²) in [6.45, 7) is 7.28. The van der Waals surface area contributed by atoms with Gasteiger partial charge in [0.15, 0.2) is 0 Å². The van der Waals surface area contributed by atoms with E-state index in [0.29, 0.717) is 12.5 Å². The van der Waals surface area contributed by atoms with Crippen molar-refractivity contribution in [1.29, 1.82) is 0 Å². The van der Waals surface area contributed by atoms with E-state index in [1.807, 2.05) is 25.5 Å². The summed E-state index contributed by atoms with van der Waals surface area (Å²) in [6.07, 6.45) is 3.57. The first kappa shape index (κ1) is 15.8. The lowest BCUT2D eigenvalue weighted by molar-refractivity contribution is 0.101. The first-order valence-electron chi connectivity index (χ1n) is 7.78.